The molecule has 3 aromatic rings. The topological polar surface area (TPSA) is 105 Å². The van der Waals surface area contributed by atoms with E-state index in [0.717, 1.165) is 0 Å². The van der Waals surface area contributed by atoms with Crippen LogP contribution in [0.5, 0.6) is 11.6 Å². The third-order valence-electron chi connectivity index (χ3n) is 3.50. The molecular formula is C18H13ClN4O3S. The number of halogens is 1. The fourth-order valence-electron chi connectivity index (χ4n) is 2.20. The fraction of sp³-hybridized carbons (Fsp3) is 0.0556. The van der Waals surface area contributed by atoms with E-state index in [-0.39, 0.29) is 27.0 Å². The molecule has 9 heteroatoms. The predicted molar refractivity (Wildman–Crippen MR) is 100 cm³/mol. The lowest BCUT2D eigenvalue weighted by Crippen LogP contribution is -2.14. The zero-order valence-electron chi connectivity index (χ0n) is 14.0. The Hall–Kier alpha value is -3.15. The lowest BCUT2D eigenvalue weighted by atomic mass is 10.2. The van der Waals surface area contributed by atoms with E-state index in [1.165, 1.54) is 36.5 Å². The lowest BCUT2D eigenvalue weighted by molar-refractivity contribution is 0.459. The Labute approximate surface area is 161 Å². The van der Waals surface area contributed by atoms with Crippen LogP contribution < -0.4 is 9.46 Å². The molecule has 0 aliphatic rings. The average Bonchev–Trinajstić information content (AvgIpc) is 2.65. The number of nitrogens with zero attached hydrogens (tertiary/aromatic N) is 3. The van der Waals surface area contributed by atoms with Gasteiger partial charge in [-0.15, -0.1) is 0 Å². The number of aryl methyl sites for hydroxylation is 1. The van der Waals surface area contributed by atoms with Gasteiger partial charge in [0.1, 0.15) is 5.69 Å². The number of anilines is 1. The van der Waals surface area contributed by atoms with Gasteiger partial charge in [-0.2, -0.15) is 5.26 Å². The highest BCUT2D eigenvalue weighted by Gasteiger charge is 2.19. The van der Waals surface area contributed by atoms with Crippen LogP contribution >= 0.6 is 11.6 Å². The Bertz CT molecular complexity index is 1140. The van der Waals surface area contributed by atoms with E-state index in [1.807, 2.05) is 6.07 Å². The Kier molecular flexibility index (Phi) is 5.26. The Morgan fingerprint density at radius 3 is 2.74 bits per heavy atom. The number of nitrogens with one attached hydrogen (secondary N) is 1. The number of rotatable bonds is 5. The zero-order valence-corrected chi connectivity index (χ0v) is 15.6. The van der Waals surface area contributed by atoms with Crippen LogP contribution in [-0.4, -0.2) is 18.4 Å². The molecule has 0 unspecified atom stereocenters. The van der Waals surface area contributed by atoms with Crippen molar-refractivity contribution in [3.05, 3.63) is 71.1 Å². The molecule has 0 saturated heterocycles. The second kappa shape index (κ2) is 7.61. The molecule has 0 spiro atoms. The molecule has 2 aromatic heterocycles. The molecular weight excluding hydrogens is 388 g/mol. The SMILES string of the molecule is Cc1ncccc1Oc1ncc(Cl)cc1NS(=O)(=O)c1cccc(C#N)c1. The molecule has 1 N–H and O–H groups in total. The third-order valence-corrected chi connectivity index (χ3v) is 5.07. The fourth-order valence-corrected chi connectivity index (χ4v) is 3.45. The summed E-state index contributed by atoms with van der Waals surface area (Å²) in [5.41, 5.74) is 0.905. The summed E-state index contributed by atoms with van der Waals surface area (Å²) in [5.74, 6) is 0.453. The monoisotopic (exact) mass is 400 g/mol. The number of aromatic nitrogens is 2. The third kappa shape index (κ3) is 4.34. The van der Waals surface area contributed by atoms with Gasteiger partial charge in [-0.05, 0) is 43.3 Å². The first kappa shape index (κ1) is 18.6. The predicted octanol–water partition coefficient (Wildman–Crippen LogP) is 3.90. The minimum atomic E-state index is -3.98. The standard InChI is InChI=1S/C18H13ClN4O3S/c1-12-17(6-3-7-21-12)26-18-16(9-14(19)11-22-18)23-27(24,25)15-5-2-4-13(8-15)10-20/h2-9,11,23H,1H3. The maximum Gasteiger partial charge on any atom is 0.262 e. The molecule has 0 saturated carbocycles. The molecule has 2 heterocycles. The van der Waals surface area contributed by atoms with Crippen LogP contribution in [0.25, 0.3) is 0 Å². The molecule has 0 aliphatic carbocycles. The summed E-state index contributed by atoms with van der Waals surface area (Å²) in [4.78, 5) is 8.12. The molecule has 0 bridgehead atoms. The van der Waals surface area contributed by atoms with Gasteiger partial charge in [-0.1, -0.05) is 17.7 Å². The molecule has 3 rings (SSSR count). The minimum absolute atomic E-state index is 0.0236. The summed E-state index contributed by atoms with van der Waals surface area (Å²) in [6.45, 7) is 1.75. The van der Waals surface area contributed by atoms with Crippen LogP contribution in [0.15, 0.2) is 59.8 Å². The number of sulfonamides is 1. The average molecular weight is 401 g/mol. The molecule has 0 atom stereocenters. The van der Waals surface area contributed by atoms with Gasteiger partial charge in [0.05, 0.1) is 27.2 Å². The summed E-state index contributed by atoms with van der Waals surface area (Å²) < 4.78 is 33.5. The number of benzene rings is 1. The zero-order chi connectivity index (χ0) is 19.4. The van der Waals surface area contributed by atoms with Crippen LogP contribution in [-0.2, 0) is 10.0 Å². The van der Waals surface area contributed by atoms with E-state index in [4.69, 9.17) is 21.6 Å². The summed E-state index contributed by atoms with van der Waals surface area (Å²) in [7, 11) is -3.98. The first-order valence-corrected chi connectivity index (χ1v) is 9.53. The van der Waals surface area contributed by atoms with E-state index < -0.39 is 10.0 Å². The molecule has 1 aromatic carbocycles. The van der Waals surface area contributed by atoms with Gasteiger partial charge in [0.2, 0.25) is 5.88 Å². The van der Waals surface area contributed by atoms with Crippen LogP contribution in [0.4, 0.5) is 5.69 Å². The molecule has 0 radical (unpaired) electrons. The van der Waals surface area contributed by atoms with Crippen molar-refractivity contribution in [3.8, 4) is 17.7 Å². The van der Waals surface area contributed by atoms with Gasteiger partial charge >= 0.3 is 0 Å². The molecule has 7 nitrogen and oxygen atoms in total. The molecule has 0 fully saturated rings. The van der Waals surface area contributed by atoms with Crippen LogP contribution in [0.3, 0.4) is 0 Å². The highest BCUT2D eigenvalue weighted by atomic mass is 35.5. The van der Waals surface area contributed by atoms with Gasteiger partial charge in [0.15, 0.2) is 5.75 Å². The normalized spacial score (nSPS) is 10.9. The van der Waals surface area contributed by atoms with Gasteiger partial charge in [-0.3, -0.25) is 9.71 Å². The maximum atomic E-state index is 12.7. The number of nitriles is 1. The van der Waals surface area contributed by atoms with Crippen molar-refractivity contribution in [2.75, 3.05) is 4.72 Å². The van der Waals surface area contributed by atoms with Crippen molar-refractivity contribution in [2.45, 2.75) is 11.8 Å². The first-order valence-electron chi connectivity index (χ1n) is 7.67. The summed E-state index contributed by atoms with van der Waals surface area (Å²) in [5, 5.41) is 9.20. The van der Waals surface area contributed by atoms with Gasteiger partial charge < -0.3 is 4.74 Å². The summed E-state index contributed by atoms with van der Waals surface area (Å²) >= 11 is 5.97. The quantitative estimate of drug-likeness (QED) is 0.696. The van der Waals surface area contributed by atoms with E-state index in [2.05, 4.69) is 14.7 Å². The molecule has 0 aliphatic heterocycles. The van der Waals surface area contributed by atoms with E-state index in [0.29, 0.717) is 11.4 Å². The highest BCUT2D eigenvalue weighted by molar-refractivity contribution is 7.92. The number of hydrogen-bond donors (Lipinski definition) is 1. The Morgan fingerprint density at radius 2 is 2.00 bits per heavy atom. The second-order valence-electron chi connectivity index (χ2n) is 5.44. The smallest absolute Gasteiger partial charge is 0.262 e. The van der Waals surface area contributed by atoms with E-state index in [9.17, 15) is 8.42 Å². The van der Waals surface area contributed by atoms with Gasteiger partial charge in [-0.25, -0.2) is 13.4 Å². The lowest BCUT2D eigenvalue weighted by Gasteiger charge is -2.13. The Balaban J connectivity index is 1.98. The minimum Gasteiger partial charge on any atom is -0.435 e. The van der Waals surface area contributed by atoms with Gasteiger partial charge in [0.25, 0.3) is 10.0 Å². The highest BCUT2D eigenvalue weighted by Crippen LogP contribution is 2.32. The number of ether oxygens (including phenoxy) is 1. The maximum absolute atomic E-state index is 12.7. The van der Waals surface area contributed by atoms with Crippen molar-refractivity contribution in [3.63, 3.8) is 0 Å². The van der Waals surface area contributed by atoms with Crippen molar-refractivity contribution in [1.29, 1.82) is 5.26 Å². The van der Waals surface area contributed by atoms with Crippen molar-refractivity contribution < 1.29 is 13.2 Å². The largest absolute Gasteiger partial charge is 0.435 e. The molecule has 27 heavy (non-hydrogen) atoms. The van der Waals surface area contributed by atoms with Crippen LogP contribution in [0.2, 0.25) is 5.02 Å². The molecule has 0 amide bonds. The van der Waals surface area contributed by atoms with Crippen molar-refractivity contribution in [1.82, 2.24) is 9.97 Å². The van der Waals surface area contributed by atoms with Gasteiger partial charge in [0, 0.05) is 12.4 Å². The molecule has 136 valence electrons. The first-order chi connectivity index (χ1) is 12.9. The second-order valence-corrected chi connectivity index (χ2v) is 7.56. The van der Waals surface area contributed by atoms with Crippen molar-refractivity contribution >= 4 is 27.3 Å². The van der Waals surface area contributed by atoms with Crippen LogP contribution in [0.1, 0.15) is 11.3 Å². The Morgan fingerprint density at radius 1 is 1.19 bits per heavy atom. The number of hydrogen-bond acceptors (Lipinski definition) is 6. The van der Waals surface area contributed by atoms with E-state index in [1.54, 1.807) is 25.3 Å². The number of pyridine rings is 2. The summed E-state index contributed by atoms with van der Waals surface area (Å²) in [6.07, 6.45) is 2.96. The van der Waals surface area contributed by atoms with E-state index >= 15 is 0 Å². The van der Waals surface area contributed by atoms with Crippen molar-refractivity contribution in [2.24, 2.45) is 0 Å². The summed E-state index contributed by atoms with van der Waals surface area (Å²) in [6, 6.07) is 12.3. The van der Waals surface area contributed by atoms with Crippen LogP contribution in [0, 0.1) is 18.3 Å².